The summed E-state index contributed by atoms with van der Waals surface area (Å²) in [6, 6.07) is 3.44. The molecule has 1 heterocycles. The fourth-order valence-corrected chi connectivity index (χ4v) is 2.16. The number of guanidine groups is 1. The fraction of sp³-hybridized carbons (Fsp3) is 0.500. The second kappa shape index (κ2) is 8.73. The summed E-state index contributed by atoms with van der Waals surface area (Å²) in [5.74, 6) is 0.724. The Bertz CT molecular complexity index is 752. The van der Waals surface area contributed by atoms with Crippen molar-refractivity contribution in [3.63, 3.8) is 0 Å². The van der Waals surface area contributed by atoms with Gasteiger partial charge in [-0.1, -0.05) is 25.9 Å². The van der Waals surface area contributed by atoms with Gasteiger partial charge in [-0.15, -0.1) is 0 Å². The van der Waals surface area contributed by atoms with Crippen molar-refractivity contribution in [2.45, 2.75) is 46.1 Å². The van der Waals surface area contributed by atoms with Gasteiger partial charge in [0.2, 0.25) is 5.89 Å². The van der Waals surface area contributed by atoms with Crippen LogP contribution in [-0.4, -0.2) is 29.2 Å². The number of nitrogens with zero attached hydrogens (tertiary/aromatic N) is 3. The van der Waals surface area contributed by atoms with E-state index in [1.54, 1.807) is 0 Å². The number of halogens is 2. The summed E-state index contributed by atoms with van der Waals surface area (Å²) in [7, 11) is 0. The standard InChI is InChI=1S/C18H25F2N5O/c1-5-21-17(22-9-8-12-10-13(19)6-7-14(12)20)23-11-15-24-16(26-25-15)18(2,3)4/h6-7,10H,5,8-9,11H2,1-4H3,(H2,21,22,23). The molecule has 0 aliphatic carbocycles. The van der Waals surface area contributed by atoms with Crippen LogP contribution in [0.3, 0.4) is 0 Å². The molecular formula is C18H25F2N5O. The fourth-order valence-electron chi connectivity index (χ4n) is 2.16. The maximum absolute atomic E-state index is 13.6. The molecule has 0 saturated carbocycles. The molecule has 0 aliphatic heterocycles. The Hall–Kier alpha value is -2.51. The van der Waals surface area contributed by atoms with E-state index in [4.69, 9.17) is 4.52 Å². The van der Waals surface area contributed by atoms with Crippen LogP contribution in [-0.2, 0) is 18.4 Å². The Morgan fingerprint density at radius 1 is 1.23 bits per heavy atom. The van der Waals surface area contributed by atoms with Crippen molar-refractivity contribution in [3.8, 4) is 0 Å². The average Bonchev–Trinajstić information content (AvgIpc) is 3.05. The van der Waals surface area contributed by atoms with Gasteiger partial charge in [0, 0.05) is 18.5 Å². The van der Waals surface area contributed by atoms with Crippen LogP contribution in [0.5, 0.6) is 0 Å². The maximum atomic E-state index is 13.6. The predicted molar refractivity (Wildman–Crippen MR) is 95.9 cm³/mol. The molecule has 0 bridgehead atoms. The molecular weight excluding hydrogens is 340 g/mol. The van der Waals surface area contributed by atoms with Crippen LogP contribution in [0, 0.1) is 11.6 Å². The summed E-state index contributed by atoms with van der Waals surface area (Å²) < 4.78 is 32.1. The van der Waals surface area contributed by atoms with Crippen molar-refractivity contribution in [2.75, 3.05) is 13.1 Å². The third kappa shape index (κ3) is 5.79. The Labute approximate surface area is 152 Å². The van der Waals surface area contributed by atoms with Crippen molar-refractivity contribution in [1.29, 1.82) is 0 Å². The molecule has 8 heteroatoms. The number of hydrogen-bond acceptors (Lipinski definition) is 4. The van der Waals surface area contributed by atoms with Gasteiger partial charge >= 0.3 is 0 Å². The zero-order valence-corrected chi connectivity index (χ0v) is 15.6. The van der Waals surface area contributed by atoms with Crippen LogP contribution in [0.2, 0.25) is 0 Å². The maximum Gasteiger partial charge on any atom is 0.232 e. The predicted octanol–water partition coefficient (Wildman–Crippen LogP) is 2.94. The minimum absolute atomic E-state index is 0.216. The molecule has 0 amide bonds. The Morgan fingerprint density at radius 3 is 2.65 bits per heavy atom. The molecule has 2 N–H and O–H groups in total. The SMILES string of the molecule is CCNC(=NCc1noc(C(C)(C)C)n1)NCCc1cc(F)ccc1F. The van der Waals surface area contributed by atoms with Gasteiger partial charge in [0.15, 0.2) is 11.8 Å². The number of aliphatic imine (C=N–C) groups is 1. The van der Waals surface area contributed by atoms with Crippen molar-refractivity contribution >= 4 is 5.96 Å². The zero-order valence-electron chi connectivity index (χ0n) is 15.6. The third-order valence-electron chi connectivity index (χ3n) is 3.53. The van der Waals surface area contributed by atoms with Crippen molar-refractivity contribution in [1.82, 2.24) is 20.8 Å². The minimum atomic E-state index is -0.450. The van der Waals surface area contributed by atoms with Crippen LogP contribution in [0.25, 0.3) is 0 Å². The van der Waals surface area contributed by atoms with Crippen LogP contribution in [0.4, 0.5) is 8.78 Å². The van der Waals surface area contributed by atoms with Gasteiger partial charge in [-0.2, -0.15) is 4.98 Å². The molecule has 26 heavy (non-hydrogen) atoms. The summed E-state index contributed by atoms with van der Waals surface area (Å²) in [5.41, 5.74) is 0.105. The first-order valence-corrected chi connectivity index (χ1v) is 8.58. The molecule has 0 aliphatic rings. The number of benzene rings is 1. The van der Waals surface area contributed by atoms with E-state index in [1.807, 2.05) is 27.7 Å². The normalized spacial score (nSPS) is 12.3. The third-order valence-corrected chi connectivity index (χ3v) is 3.53. The highest BCUT2D eigenvalue weighted by atomic mass is 19.1. The second-order valence-corrected chi connectivity index (χ2v) is 6.87. The van der Waals surface area contributed by atoms with E-state index >= 15 is 0 Å². The molecule has 2 aromatic rings. The van der Waals surface area contributed by atoms with Crippen LogP contribution in [0.1, 0.15) is 45.0 Å². The van der Waals surface area contributed by atoms with Crippen LogP contribution < -0.4 is 10.6 Å². The Kier molecular flexibility index (Phi) is 6.65. The molecule has 6 nitrogen and oxygen atoms in total. The zero-order chi connectivity index (χ0) is 19.2. The first-order chi connectivity index (χ1) is 12.3. The summed E-state index contributed by atoms with van der Waals surface area (Å²) >= 11 is 0. The van der Waals surface area contributed by atoms with Gasteiger partial charge in [-0.25, -0.2) is 13.8 Å². The molecule has 1 aromatic heterocycles. The summed E-state index contributed by atoms with van der Waals surface area (Å²) in [4.78, 5) is 8.72. The minimum Gasteiger partial charge on any atom is -0.357 e. The lowest BCUT2D eigenvalue weighted by molar-refractivity contribution is 0.318. The summed E-state index contributed by atoms with van der Waals surface area (Å²) in [6.07, 6.45) is 0.338. The smallest absolute Gasteiger partial charge is 0.232 e. The van der Waals surface area contributed by atoms with E-state index in [-0.39, 0.29) is 12.0 Å². The molecule has 0 saturated heterocycles. The van der Waals surface area contributed by atoms with Crippen molar-refractivity contribution in [2.24, 2.45) is 4.99 Å². The van der Waals surface area contributed by atoms with Crippen LogP contribution in [0.15, 0.2) is 27.7 Å². The molecule has 2 rings (SSSR count). The van der Waals surface area contributed by atoms with Gasteiger partial charge in [0.25, 0.3) is 0 Å². The van der Waals surface area contributed by atoms with Gasteiger partial charge in [-0.3, -0.25) is 0 Å². The van der Waals surface area contributed by atoms with Crippen molar-refractivity contribution < 1.29 is 13.3 Å². The number of hydrogen-bond donors (Lipinski definition) is 2. The van der Waals surface area contributed by atoms with E-state index in [0.717, 1.165) is 12.1 Å². The van der Waals surface area contributed by atoms with E-state index in [9.17, 15) is 8.78 Å². The highest BCUT2D eigenvalue weighted by molar-refractivity contribution is 5.79. The van der Waals surface area contributed by atoms with Gasteiger partial charge in [0.05, 0.1) is 0 Å². The molecule has 0 radical (unpaired) electrons. The Morgan fingerprint density at radius 2 is 2.00 bits per heavy atom. The number of rotatable bonds is 6. The number of aromatic nitrogens is 2. The lowest BCUT2D eigenvalue weighted by Crippen LogP contribution is -2.38. The molecule has 0 spiro atoms. The molecule has 0 fully saturated rings. The molecule has 0 atom stereocenters. The Balaban J connectivity index is 1.94. The molecule has 142 valence electrons. The van der Waals surface area contributed by atoms with Gasteiger partial charge < -0.3 is 15.2 Å². The first kappa shape index (κ1) is 19.8. The lowest BCUT2D eigenvalue weighted by atomic mass is 9.97. The van der Waals surface area contributed by atoms with E-state index in [0.29, 0.717) is 42.7 Å². The van der Waals surface area contributed by atoms with Gasteiger partial charge in [0.1, 0.15) is 18.2 Å². The summed E-state index contributed by atoms with van der Waals surface area (Å²) in [5, 5.41) is 10.1. The molecule has 1 aromatic carbocycles. The van der Waals surface area contributed by atoms with Gasteiger partial charge in [-0.05, 0) is 37.1 Å². The monoisotopic (exact) mass is 365 g/mol. The van der Waals surface area contributed by atoms with E-state index < -0.39 is 11.6 Å². The number of nitrogens with one attached hydrogen (secondary N) is 2. The first-order valence-electron chi connectivity index (χ1n) is 8.58. The van der Waals surface area contributed by atoms with E-state index in [1.165, 1.54) is 6.07 Å². The largest absolute Gasteiger partial charge is 0.357 e. The highest BCUT2D eigenvalue weighted by Crippen LogP contribution is 2.19. The topological polar surface area (TPSA) is 75.3 Å². The average molecular weight is 365 g/mol. The quantitative estimate of drug-likeness (QED) is 0.608. The lowest BCUT2D eigenvalue weighted by Gasteiger charge is -2.11. The second-order valence-electron chi connectivity index (χ2n) is 6.87. The highest BCUT2D eigenvalue weighted by Gasteiger charge is 2.21. The summed E-state index contributed by atoms with van der Waals surface area (Å²) in [6.45, 7) is 9.24. The van der Waals surface area contributed by atoms with Crippen LogP contribution >= 0.6 is 0 Å². The van der Waals surface area contributed by atoms with E-state index in [2.05, 4.69) is 25.8 Å². The molecule has 0 unspecified atom stereocenters. The van der Waals surface area contributed by atoms with Crippen molar-refractivity contribution in [3.05, 3.63) is 47.1 Å².